The Morgan fingerprint density at radius 2 is 1.89 bits per heavy atom. The van der Waals surface area contributed by atoms with Gasteiger partial charge in [0.05, 0.1) is 0 Å². The summed E-state index contributed by atoms with van der Waals surface area (Å²) in [5.41, 5.74) is 7.26. The second-order valence-corrected chi connectivity index (χ2v) is 6.17. The zero-order valence-corrected chi connectivity index (χ0v) is 12.0. The van der Waals surface area contributed by atoms with Gasteiger partial charge < -0.3 is 10.6 Å². The van der Waals surface area contributed by atoms with Crippen LogP contribution in [-0.2, 0) is 0 Å². The predicted octanol–water partition coefficient (Wildman–Crippen LogP) is 2.34. The van der Waals surface area contributed by atoms with E-state index in [1.807, 2.05) is 12.1 Å². The van der Waals surface area contributed by atoms with E-state index in [1.54, 1.807) is 0 Å². The van der Waals surface area contributed by atoms with Crippen LogP contribution in [0.15, 0.2) is 24.3 Å². The van der Waals surface area contributed by atoms with Gasteiger partial charge >= 0.3 is 0 Å². The number of halogens is 1. The summed E-state index contributed by atoms with van der Waals surface area (Å²) in [4.78, 5) is 5.05. The number of anilines is 1. The summed E-state index contributed by atoms with van der Waals surface area (Å²) in [5.74, 6) is 0. The Morgan fingerprint density at radius 1 is 1.11 bits per heavy atom. The average molecular weight is 280 g/mol. The van der Waals surface area contributed by atoms with Gasteiger partial charge in [0.2, 0.25) is 0 Å². The Morgan fingerprint density at radius 3 is 2.53 bits per heavy atom. The monoisotopic (exact) mass is 279 g/mol. The Balaban J connectivity index is 1.57. The first-order valence-electron chi connectivity index (χ1n) is 7.22. The molecule has 2 atom stereocenters. The van der Waals surface area contributed by atoms with E-state index in [1.165, 1.54) is 24.9 Å². The van der Waals surface area contributed by atoms with Gasteiger partial charge in [-0.05, 0) is 37.5 Å². The molecule has 0 amide bonds. The molecule has 104 valence electrons. The first kappa shape index (κ1) is 13.2. The number of hydrogen-bond donors (Lipinski definition) is 1. The quantitative estimate of drug-likeness (QED) is 0.902. The van der Waals surface area contributed by atoms with Crippen molar-refractivity contribution in [2.45, 2.75) is 31.3 Å². The molecule has 1 aromatic carbocycles. The molecule has 0 aromatic heterocycles. The number of hydrogen-bond acceptors (Lipinski definition) is 3. The van der Waals surface area contributed by atoms with Crippen LogP contribution in [0.4, 0.5) is 5.69 Å². The largest absolute Gasteiger partial charge is 0.369 e. The highest BCUT2D eigenvalue weighted by Crippen LogP contribution is 2.26. The molecule has 19 heavy (non-hydrogen) atoms. The van der Waals surface area contributed by atoms with Crippen molar-refractivity contribution in [3.05, 3.63) is 29.3 Å². The van der Waals surface area contributed by atoms with Crippen LogP contribution in [0.5, 0.6) is 0 Å². The van der Waals surface area contributed by atoms with Gasteiger partial charge in [-0.25, -0.2) is 0 Å². The molecule has 1 heterocycles. The lowest BCUT2D eigenvalue weighted by atomic mass is 10.1. The van der Waals surface area contributed by atoms with Crippen molar-refractivity contribution >= 4 is 17.3 Å². The molecule has 4 heteroatoms. The molecule has 3 nitrogen and oxygen atoms in total. The fourth-order valence-electron chi connectivity index (χ4n) is 3.34. The standard InChI is InChI=1S/C15H22ClN3/c16-12-2-1-3-14(10-12)18-6-8-19(9-7-18)15-5-4-13(17)11-15/h1-3,10,13,15H,4-9,11,17H2. The van der Waals surface area contributed by atoms with Gasteiger partial charge in [0.15, 0.2) is 0 Å². The molecule has 1 saturated heterocycles. The van der Waals surface area contributed by atoms with Crippen molar-refractivity contribution in [1.29, 1.82) is 0 Å². The molecule has 2 fully saturated rings. The second-order valence-electron chi connectivity index (χ2n) is 5.73. The number of nitrogens with two attached hydrogens (primary N) is 1. The van der Waals surface area contributed by atoms with E-state index in [0.29, 0.717) is 6.04 Å². The van der Waals surface area contributed by atoms with Crippen LogP contribution in [-0.4, -0.2) is 43.2 Å². The van der Waals surface area contributed by atoms with Crippen LogP contribution in [0.1, 0.15) is 19.3 Å². The number of piperazine rings is 1. The Labute approximate surface area is 120 Å². The molecule has 0 bridgehead atoms. The number of nitrogens with zero attached hydrogens (tertiary/aromatic N) is 2. The molecule has 1 aliphatic heterocycles. The third kappa shape index (κ3) is 3.04. The Kier molecular flexibility index (Phi) is 3.96. The summed E-state index contributed by atoms with van der Waals surface area (Å²) in [6.45, 7) is 4.46. The maximum atomic E-state index is 6.06. The van der Waals surface area contributed by atoms with Gasteiger partial charge in [0, 0.05) is 49.0 Å². The van der Waals surface area contributed by atoms with Crippen molar-refractivity contribution in [1.82, 2.24) is 4.90 Å². The minimum atomic E-state index is 0.427. The molecule has 3 rings (SSSR count). The number of benzene rings is 1. The van der Waals surface area contributed by atoms with Gasteiger partial charge in [0.1, 0.15) is 0 Å². The lowest BCUT2D eigenvalue weighted by Crippen LogP contribution is -2.50. The Hall–Kier alpha value is -0.770. The van der Waals surface area contributed by atoms with Crippen LogP contribution in [0.2, 0.25) is 5.02 Å². The summed E-state index contributed by atoms with van der Waals surface area (Å²) >= 11 is 6.06. The van der Waals surface area contributed by atoms with E-state index in [4.69, 9.17) is 17.3 Å². The zero-order chi connectivity index (χ0) is 13.2. The smallest absolute Gasteiger partial charge is 0.0426 e. The van der Waals surface area contributed by atoms with E-state index >= 15 is 0 Å². The topological polar surface area (TPSA) is 32.5 Å². The molecule has 0 spiro atoms. The fourth-order valence-corrected chi connectivity index (χ4v) is 3.53. The minimum absolute atomic E-state index is 0.427. The summed E-state index contributed by atoms with van der Waals surface area (Å²) in [6.07, 6.45) is 3.65. The van der Waals surface area contributed by atoms with Crippen molar-refractivity contribution in [2.75, 3.05) is 31.1 Å². The fraction of sp³-hybridized carbons (Fsp3) is 0.600. The highest BCUT2D eigenvalue weighted by molar-refractivity contribution is 6.30. The summed E-state index contributed by atoms with van der Waals surface area (Å²) < 4.78 is 0. The van der Waals surface area contributed by atoms with Gasteiger partial charge in [-0.3, -0.25) is 4.90 Å². The van der Waals surface area contributed by atoms with Gasteiger partial charge in [-0.2, -0.15) is 0 Å². The summed E-state index contributed by atoms with van der Waals surface area (Å²) in [7, 11) is 0. The zero-order valence-electron chi connectivity index (χ0n) is 11.3. The second kappa shape index (κ2) is 5.70. The summed E-state index contributed by atoms with van der Waals surface area (Å²) in [6, 6.07) is 9.31. The normalized spacial score (nSPS) is 28.8. The highest BCUT2D eigenvalue weighted by Gasteiger charge is 2.29. The van der Waals surface area contributed by atoms with Crippen molar-refractivity contribution in [2.24, 2.45) is 5.73 Å². The number of rotatable bonds is 2. The first-order valence-corrected chi connectivity index (χ1v) is 7.60. The molecule has 1 aliphatic carbocycles. The average Bonchev–Trinajstić information content (AvgIpc) is 2.86. The van der Waals surface area contributed by atoms with Crippen molar-refractivity contribution in [3.63, 3.8) is 0 Å². The van der Waals surface area contributed by atoms with Crippen LogP contribution < -0.4 is 10.6 Å². The molecular weight excluding hydrogens is 258 g/mol. The van der Waals surface area contributed by atoms with E-state index in [0.717, 1.165) is 37.2 Å². The maximum Gasteiger partial charge on any atom is 0.0426 e. The molecule has 2 N–H and O–H groups in total. The third-order valence-corrected chi connectivity index (χ3v) is 4.68. The van der Waals surface area contributed by atoms with Gasteiger partial charge in [-0.15, -0.1) is 0 Å². The van der Waals surface area contributed by atoms with Crippen LogP contribution in [0.25, 0.3) is 0 Å². The van der Waals surface area contributed by atoms with E-state index < -0.39 is 0 Å². The molecular formula is C15H22ClN3. The molecule has 1 aromatic rings. The summed E-state index contributed by atoms with van der Waals surface area (Å²) in [5, 5.41) is 0.821. The highest BCUT2D eigenvalue weighted by atomic mass is 35.5. The van der Waals surface area contributed by atoms with Crippen molar-refractivity contribution < 1.29 is 0 Å². The Bertz CT molecular complexity index is 429. The third-order valence-electron chi connectivity index (χ3n) is 4.45. The van der Waals surface area contributed by atoms with Gasteiger partial charge in [-0.1, -0.05) is 17.7 Å². The molecule has 2 unspecified atom stereocenters. The van der Waals surface area contributed by atoms with Crippen LogP contribution >= 0.6 is 11.6 Å². The van der Waals surface area contributed by atoms with E-state index in [2.05, 4.69) is 21.9 Å². The molecule has 0 radical (unpaired) electrons. The molecule has 2 aliphatic rings. The van der Waals surface area contributed by atoms with Crippen LogP contribution in [0.3, 0.4) is 0 Å². The first-order chi connectivity index (χ1) is 9.22. The van der Waals surface area contributed by atoms with Crippen LogP contribution in [0, 0.1) is 0 Å². The van der Waals surface area contributed by atoms with E-state index in [-0.39, 0.29) is 0 Å². The maximum absolute atomic E-state index is 6.06. The van der Waals surface area contributed by atoms with E-state index in [9.17, 15) is 0 Å². The lowest BCUT2D eigenvalue weighted by Gasteiger charge is -2.39. The van der Waals surface area contributed by atoms with Gasteiger partial charge in [0.25, 0.3) is 0 Å². The predicted molar refractivity (Wildman–Crippen MR) is 80.9 cm³/mol. The molecule has 1 saturated carbocycles. The lowest BCUT2D eigenvalue weighted by molar-refractivity contribution is 0.186. The SMILES string of the molecule is NC1CCC(N2CCN(c3cccc(Cl)c3)CC2)C1. The van der Waals surface area contributed by atoms with Crippen molar-refractivity contribution in [3.8, 4) is 0 Å². The minimum Gasteiger partial charge on any atom is -0.369 e.